The Labute approximate surface area is 118 Å². The summed E-state index contributed by atoms with van der Waals surface area (Å²) < 4.78 is 10.1. The van der Waals surface area contributed by atoms with Gasteiger partial charge in [0.05, 0.1) is 18.1 Å². The topological polar surface area (TPSA) is 78.7 Å². The molecular formula is C13H11NO5S. The molecule has 1 aromatic heterocycles. The SMILES string of the molecule is COC(=O)c1sc([N+](=O)[O-])cc1OCc1ccccc1. The molecule has 1 aromatic carbocycles. The molecule has 0 bridgehead atoms. The monoisotopic (exact) mass is 293 g/mol. The Morgan fingerprint density at radius 1 is 1.35 bits per heavy atom. The number of benzene rings is 1. The molecule has 0 saturated carbocycles. The quantitative estimate of drug-likeness (QED) is 0.481. The van der Waals surface area contributed by atoms with Crippen LogP contribution in [-0.4, -0.2) is 18.0 Å². The van der Waals surface area contributed by atoms with Gasteiger partial charge in [-0.05, 0) is 5.56 Å². The fraction of sp³-hybridized carbons (Fsp3) is 0.154. The van der Waals surface area contributed by atoms with E-state index >= 15 is 0 Å². The van der Waals surface area contributed by atoms with Gasteiger partial charge in [-0.3, -0.25) is 10.1 Å². The minimum absolute atomic E-state index is 0.0927. The second-order valence-electron chi connectivity index (χ2n) is 3.80. The van der Waals surface area contributed by atoms with Gasteiger partial charge in [0.1, 0.15) is 6.61 Å². The second-order valence-corrected chi connectivity index (χ2v) is 4.83. The van der Waals surface area contributed by atoms with Crippen LogP contribution in [0.1, 0.15) is 15.2 Å². The number of esters is 1. The van der Waals surface area contributed by atoms with Gasteiger partial charge in [0.25, 0.3) is 0 Å². The van der Waals surface area contributed by atoms with E-state index in [2.05, 4.69) is 4.74 Å². The Kier molecular flexibility index (Phi) is 4.31. The Morgan fingerprint density at radius 2 is 2.05 bits per heavy atom. The van der Waals surface area contributed by atoms with Crippen LogP contribution in [0.4, 0.5) is 5.00 Å². The summed E-state index contributed by atoms with van der Waals surface area (Å²) in [6.45, 7) is 0.221. The first-order valence-corrected chi connectivity index (χ1v) is 6.46. The first-order chi connectivity index (χ1) is 9.61. The van der Waals surface area contributed by atoms with Crippen molar-refractivity contribution >= 4 is 22.3 Å². The van der Waals surface area contributed by atoms with Crippen LogP contribution in [0.3, 0.4) is 0 Å². The smallest absolute Gasteiger partial charge is 0.352 e. The molecule has 0 radical (unpaired) electrons. The Bertz CT molecular complexity index is 623. The van der Waals surface area contributed by atoms with E-state index in [0.29, 0.717) is 0 Å². The zero-order valence-electron chi connectivity index (χ0n) is 10.6. The summed E-state index contributed by atoms with van der Waals surface area (Å²) in [6.07, 6.45) is 0. The Balaban J connectivity index is 2.21. The highest BCUT2D eigenvalue weighted by molar-refractivity contribution is 7.17. The highest BCUT2D eigenvalue weighted by atomic mass is 32.1. The fourth-order valence-electron chi connectivity index (χ4n) is 1.53. The zero-order chi connectivity index (χ0) is 14.5. The highest BCUT2D eigenvalue weighted by Gasteiger charge is 2.23. The lowest BCUT2D eigenvalue weighted by atomic mass is 10.2. The number of thiophene rings is 1. The van der Waals surface area contributed by atoms with Crippen LogP contribution in [0, 0.1) is 10.1 Å². The van der Waals surface area contributed by atoms with Crippen LogP contribution < -0.4 is 4.74 Å². The largest absolute Gasteiger partial charge is 0.487 e. The van der Waals surface area contributed by atoms with Crippen molar-refractivity contribution < 1.29 is 19.2 Å². The summed E-state index contributed by atoms with van der Waals surface area (Å²) in [4.78, 5) is 21.9. The molecule has 0 amide bonds. The van der Waals surface area contributed by atoms with E-state index in [-0.39, 0.29) is 22.2 Å². The molecule has 1 heterocycles. The molecule has 0 atom stereocenters. The average Bonchev–Trinajstić information content (AvgIpc) is 2.90. The van der Waals surface area contributed by atoms with Gasteiger partial charge < -0.3 is 9.47 Å². The highest BCUT2D eigenvalue weighted by Crippen LogP contribution is 2.35. The van der Waals surface area contributed by atoms with Crippen molar-refractivity contribution in [3.8, 4) is 5.75 Å². The minimum Gasteiger partial charge on any atom is -0.487 e. The van der Waals surface area contributed by atoms with Crippen LogP contribution in [0.5, 0.6) is 5.75 Å². The number of carbonyl (C=O) groups is 1. The molecule has 0 aliphatic rings. The summed E-state index contributed by atoms with van der Waals surface area (Å²) >= 11 is 0.737. The molecule has 0 fully saturated rings. The Hall–Kier alpha value is -2.41. The van der Waals surface area contributed by atoms with Crippen molar-refractivity contribution in [2.75, 3.05) is 7.11 Å². The average molecular weight is 293 g/mol. The molecule has 104 valence electrons. The van der Waals surface area contributed by atoms with Crippen molar-refractivity contribution in [2.45, 2.75) is 6.61 Å². The van der Waals surface area contributed by atoms with Crippen molar-refractivity contribution in [1.82, 2.24) is 0 Å². The van der Waals surface area contributed by atoms with E-state index in [4.69, 9.17) is 4.74 Å². The first kappa shape index (κ1) is 14.0. The second kappa shape index (κ2) is 6.16. The van der Waals surface area contributed by atoms with Crippen molar-refractivity contribution in [3.05, 3.63) is 57.0 Å². The zero-order valence-corrected chi connectivity index (χ0v) is 11.4. The fourth-order valence-corrected chi connectivity index (χ4v) is 2.36. The van der Waals surface area contributed by atoms with Crippen LogP contribution >= 0.6 is 11.3 Å². The van der Waals surface area contributed by atoms with E-state index in [1.54, 1.807) is 0 Å². The number of hydrogen-bond acceptors (Lipinski definition) is 6. The van der Waals surface area contributed by atoms with Gasteiger partial charge in [-0.15, -0.1) is 0 Å². The molecule has 0 N–H and O–H groups in total. The van der Waals surface area contributed by atoms with Gasteiger partial charge in [0, 0.05) is 0 Å². The number of methoxy groups -OCH3 is 1. The first-order valence-electron chi connectivity index (χ1n) is 5.65. The number of ether oxygens (including phenoxy) is 2. The number of hydrogen-bond donors (Lipinski definition) is 0. The van der Waals surface area contributed by atoms with E-state index in [1.165, 1.54) is 13.2 Å². The molecule has 2 aromatic rings. The molecule has 6 nitrogen and oxygen atoms in total. The molecule has 0 aliphatic carbocycles. The van der Waals surface area contributed by atoms with Gasteiger partial charge in [0.15, 0.2) is 10.6 Å². The van der Waals surface area contributed by atoms with Crippen molar-refractivity contribution in [3.63, 3.8) is 0 Å². The maximum absolute atomic E-state index is 11.6. The lowest BCUT2D eigenvalue weighted by Crippen LogP contribution is -2.02. The number of nitro groups is 1. The summed E-state index contributed by atoms with van der Waals surface area (Å²) in [6, 6.07) is 10.5. The summed E-state index contributed by atoms with van der Waals surface area (Å²) in [5, 5.41) is 10.6. The normalized spacial score (nSPS) is 10.1. The van der Waals surface area contributed by atoms with Crippen LogP contribution in [0.25, 0.3) is 0 Å². The summed E-state index contributed by atoms with van der Waals surface area (Å²) in [5.74, 6) is -0.483. The summed E-state index contributed by atoms with van der Waals surface area (Å²) in [5.41, 5.74) is 0.900. The predicted octanol–water partition coefficient (Wildman–Crippen LogP) is 3.02. The van der Waals surface area contributed by atoms with Gasteiger partial charge in [-0.1, -0.05) is 41.7 Å². The van der Waals surface area contributed by atoms with Crippen LogP contribution in [-0.2, 0) is 11.3 Å². The molecule has 0 spiro atoms. The molecule has 7 heteroatoms. The predicted molar refractivity (Wildman–Crippen MR) is 73.1 cm³/mol. The third kappa shape index (κ3) is 3.12. The van der Waals surface area contributed by atoms with Crippen molar-refractivity contribution in [2.24, 2.45) is 0 Å². The van der Waals surface area contributed by atoms with E-state index < -0.39 is 10.9 Å². The van der Waals surface area contributed by atoms with Gasteiger partial charge in [0.2, 0.25) is 0 Å². The van der Waals surface area contributed by atoms with Crippen LogP contribution in [0.15, 0.2) is 36.4 Å². The maximum Gasteiger partial charge on any atom is 0.352 e. The Morgan fingerprint density at radius 3 is 2.65 bits per heavy atom. The van der Waals surface area contributed by atoms with Crippen molar-refractivity contribution in [1.29, 1.82) is 0 Å². The molecule has 0 saturated heterocycles. The van der Waals surface area contributed by atoms with E-state index in [1.807, 2.05) is 30.3 Å². The molecule has 0 unspecified atom stereocenters. The lowest BCUT2D eigenvalue weighted by molar-refractivity contribution is -0.380. The standard InChI is InChI=1S/C13H11NO5S/c1-18-13(15)12-10(7-11(20-12)14(16)17)19-8-9-5-3-2-4-6-9/h2-7H,8H2,1H3. The van der Waals surface area contributed by atoms with Gasteiger partial charge >= 0.3 is 11.0 Å². The molecule has 20 heavy (non-hydrogen) atoms. The van der Waals surface area contributed by atoms with Gasteiger partial charge in [-0.2, -0.15) is 0 Å². The number of carbonyl (C=O) groups excluding carboxylic acids is 1. The third-order valence-electron chi connectivity index (χ3n) is 2.47. The molecular weight excluding hydrogens is 282 g/mol. The molecule has 0 aliphatic heterocycles. The summed E-state index contributed by atoms with van der Waals surface area (Å²) in [7, 11) is 1.22. The van der Waals surface area contributed by atoms with E-state index in [0.717, 1.165) is 16.9 Å². The number of nitrogens with zero attached hydrogens (tertiary/aromatic N) is 1. The minimum atomic E-state index is -0.647. The molecule has 2 rings (SSSR count). The lowest BCUT2D eigenvalue weighted by Gasteiger charge is -2.05. The third-order valence-corrected chi connectivity index (χ3v) is 3.52. The van der Waals surface area contributed by atoms with Gasteiger partial charge in [-0.25, -0.2) is 4.79 Å². The number of rotatable bonds is 5. The van der Waals surface area contributed by atoms with Crippen LogP contribution in [0.2, 0.25) is 0 Å². The maximum atomic E-state index is 11.6. The van der Waals surface area contributed by atoms with E-state index in [9.17, 15) is 14.9 Å².